The Morgan fingerprint density at radius 2 is 1.86 bits per heavy atom. The van der Waals surface area contributed by atoms with Gasteiger partial charge >= 0.3 is 6.18 Å². The second kappa shape index (κ2) is 5.86. The highest BCUT2D eigenvalue weighted by molar-refractivity contribution is 7.12. The van der Waals surface area contributed by atoms with Crippen LogP contribution in [0.3, 0.4) is 0 Å². The first-order valence-corrected chi connectivity index (χ1v) is 6.59. The average molecular weight is 307 g/mol. The highest BCUT2D eigenvalue weighted by atomic mass is 32.1. The van der Waals surface area contributed by atoms with Gasteiger partial charge in [-0.15, -0.1) is 11.3 Å². The summed E-state index contributed by atoms with van der Waals surface area (Å²) in [4.78, 5) is 1.26. The third kappa shape index (κ3) is 3.53. The van der Waals surface area contributed by atoms with Gasteiger partial charge in [-0.05, 0) is 30.3 Å². The number of benzene rings is 1. The van der Waals surface area contributed by atoms with Crippen LogP contribution in [0.25, 0.3) is 0 Å². The van der Waals surface area contributed by atoms with E-state index < -0.39 is 11.7 Å². The minimum absolute atomic E-state index is 0.0456. The van der Waals surface area contributed by atoms with Crippen molar-refractivity contribution in [1.29, 1.82) is 10.5 Å². The molecule has 0 aliphatic heterocycles. The van der Waals surface area contributed by atoms with Crippen LogP contribution in [-0.4, -0.2) is 0 Å². The van der Waals surface area contributed by atoms with Gasteiger partial charge in [-0.2, -0.15) is 23.7 Å². The number of hydrogen-bond acceptors (Lipinski definition) is 4. The fourth-order valence-electron chi connectivity index (χ4n) is 1.72. The Kier molecular flexibility index (Phi) is 4.15. The molecule has 2 rings (SSSR count). The smallest absolute Gasteiger partial charge is 0.380 e. The molecular formula is C14H8F3N3S. The number of anilines is 1. The molecule has 3 nitrogen and oxygen atoms in total. The summed E-state index contributed by atoms with van der Waals surface area (Å²) in [5.74, 6) is 0. The lowest BCUT2D eigenvalue weighted by Crippen LogP contribution is -2.11. The highest BCUT2D eigenvalue weighted by Crippen LogP contribution is 2.35. The van der Waals surface area contributed by atoms with Crippen LogP contribution in [0.15, 0.2) is 30.3 Å². The van der Waals surface area contributed by atoms with Crippen LogP contribution in [0.2, 0.25) is 0 Å². The summed E-state index contributed by atoms with van der Waals surface area (Å²) in [7, 11) is 0. The van der Waals surface area contributed by atoms with Gasteiger partial charge < -0.3 is 5.32 Å². The number of hydrogen-bond donors (Lipinski definition) is 1. The van der Waals surface area contributed by atoms with Crippen molar-refractivity contribution in [3.8, 4) is 12.1 Å². The topological polar surface area (TPSA) is 59.6 Å². The fraction of sp³-hybridized carbons (Fsp3) is 0.143. The summed E-state index contributed by atoms with van der Waals surface area (Å²) in [5, 5.41) is 20.1. The minimum atomic E-state index is -4.54. The van der Waals surface area contributed by atoms with E-state index in [0.717, 1.165) is 10.9 Å². The van der Waals surface area contributed by atoms with Crippen LogP contribution in [0.4, 0.5) is 18.9 Å². The summed E-state index contributed by atoms with van der Waals surface area (Å²) < 4.78 is 38.9. The van der Waals surface area contributed by atoms with E-state index in [1.807, 2.05) is 6.07 Å². The van der Waals surface area contributed by atoms with E-state index in [1.54, 1.807) is 18.2 Å². The van der Waals surface area contributed by atoms with Crippen LogP contribution in [0, 0.1) is 22.7 Å². The van der Waals surface area contributed by atoms with E-state index in [1.165, 1.54) is 23.5 Å². The molecule has 106 valence electrons. The molecule has 0 radical (unpaired) electrons. The van der Waals surface area contributed by atoms with Crippen molar-refractivity contribution in [2.45, 2.75) is 12.7 Å². The largest absolute Gasteiger partial charge is 0.418 e. The van der Waals surface area contributed by atoms with E-state index in [0.29, 0.717) is 4.88 Å². The molecule has 0 saturated heterocycles. The fourth-order valence-corrected chi connectivity index (χ4v) is 2.46. The Morgan fingerprint density at radius 1 is 1.10 bits per heavy atom. The van der Waals surface area contributed by atoms with Gasteiger partial charge in [0.2, 0.25) is 0 Å². The molecule has 0 amide bonds. The molecule has 0 saturated carbocycles. The highest BCUT2D eigenvalue weighted by Gasteiger charge is 2.33. The number of nitrogens with zero attached hydrogens (tertiary/aromatic N) is 2. The molecule has 0 bridgehead atoms. The molecule has 21 heavy (non-hydrogen) atoms. The van der Waals surface area contributed by atoms with E-state index in [9.17, 15) is 13.2 Å². The van der Waals surface area contributed by atoms with Crippen molar-refractivity contribution >= 4 is 17.0 Å². The predicted octanol–water partition coefficient (Wildman–Crippen LogP) is 4.12. The molecular weight excluding hydrogens is 299 g/mol. The quantitative estimate of drug-likeness (QED) is 0.927. The van der Waals surface area contributed by atoms with Crippen LogP contribution >= 0.6 is 11.3 Å². The number of nitriles is 2. The van der Waals surface area contributed by atoms with Crippen molar-refractivity contribution in [3.05, 3.63) is 51.2 Å². The van der Waals surface area contributed by atoms with Gasteiger partial charge in [-0.3, -0.25) is 0 Å². The molecule has 2 aromatic rings. The van der Waals surface area contributed by atoms with Crippen molar-refractivity contribution in [2.24, 2.45) is 0 Å². The Balaban J connectivity index is 2.24. The summed E-state index contributed by atoms with van der Waals surface area (Å²) in [6.07, 6.45) is -4.54. The van der Waals surface area contributed by atoms with Gasteiger partial charge in [-0.1, -0.05) is 0 Å². The average Bonchev–Trinajstić information content (AvgIpc) is 2.92. The Morgan fingerprint density at radius 3 is 2.43 bits per heavy atom. The maximum Gasteiger partial charge on any atom is 0.418 e. The summed E-state index contributed by atoms with van der Waals surface area (Å²) in [6.45, 7) is 0.182. The monoisotopic (exact) mass is 307 g/mol. The number of alkyl halides is 3. The summed E-state index contributed by atoms with van der Waals surface area (Å²) >= 11 is 1.22. The van der Waals surface area contributed by atoms with Gasteiger partial charge in [0.1, 0.15) is 10.9 Å². The van der Waals surface area contributed by atoms with Gasteiger partial charge in [0.15, 0.2) is 0 Å². The standard InChI is InChI=1S/C14H8F3N3S/c15-14(16,17)12-5-9(6-18)1-4-13(12)20-8-11-3-2-10(7-19)21-11/h1-5,20H,8H2. The van der Waals surface area contributed by atoms with Gasteiger partial charge in [0.25, 0.3) is 0 Å². The lowest BCUT2D eigenvalue weighted by molar-refractivity contribution is -0.137. The van der Waals surface area contributed by atoms with E-state index in [-0.39, 0.29) is 17.8 Å². The zero-order chi connectivity index (χ0) is 15.5. The van der Waals surface area contributed by atoms with E-state index >= 15 is 0 Å². The van der Waals surface area contributed by atoms with Crippen LogP contribution < -0.4 is 5.32 Å². The lowest BCUT2D eigenvalue weighted by Gasteiger charge is -2.14. The van der Waals surface area contributed by atoms with Crippen molar-refractivity contribution < 1.29 is 13.2 Å². The Hall–Kier alpha value is -2.51. The first-order chi connectivity index (χ1) is 9.94. The van der Waals surface area contributed by atoms with Gasteiger partial charge in [0.05, 0.1) is 17.2 Å². The second-order valence-corrected chi connectivity index (χ2v) is 5.27. The molecule has 1 heterocycles. The first-order valence-electron chi connectivity index (χ1n) is 5.78. The first kappa shape index (κ1) is 14.9. The molecule has 7 heteroatoms. The number of thiophene rings is 1. The predicted molar refractivity (Wildman–Crippen MR) is 72.5 cm³/mol. The van der Waals surface area contributed by atoms with E-state index in [2.05, 4.69) is 5.32 Å². The van der Waals surface area contributed by atoms with Crippen molar-refractivity contribution in [3.63, 3.8) is 0 Å². The van der Waals surface area contributed by atoms with Gasteiger partial charge in [-0.25, -0.2) is 0 Å². The summed E-state index contributed by atoms with van der Waals surface area (Å²) in [6, 6.07) is 10.3. The molecule has 0 spiro atoms. The Labute approximate surface area is 122 Å². The number of nitrogens with one attached hydrogen (secondary N) is 1. The number of halogens is 3. The summed E-state index contributed by atoms with van der Waals surface area (Å²) in [5.41, 5.74) is -1.01. The molecule has 0 aliphatic rings. The molecule has 0 unspecified atom stereocenters. The maximum absolute atomic E-state index is 13.0. The van der Waals surface area contributed by atoms with Crippen molar-refractivity contribution in [1.82, 2.24) is 0 Å². The lowest BCUT2D eigenvalue weighted by atomic mass is 10.1. The maximum atomic E-state index is 13.0. The minimum Gasteiger partial charge on any atom is -0.380 e. The van der Waals surface area contributed by atoms with Crippen LogP contribution in [-0.2, 0) is 12.7 Å². The molecule has 0 atom stereocenters. The molecule has 1 aromatic heterocycles. The third-order valence-corrected chi connectivity index (χ3v) is 3.67. The second-order valence-electron chi connectivity index (χ2n) is 4.10. The molecule has 1 aromatic carbocycles. The number of rotatable bonds is 3. The third-order valence-electron chi connectivity index (χ3n) is 2.68. The van der Waals surface area contributed by atoms with Crippen LogP contribution in [0.5, 0.6) is 0 Å². The SMILES string of the molecule is N#Cc1ccc(NCc2ccc(C#N)s2)c(C(F)(F)F)c1. The normalized spacial score (nSPS) is 10.7. The van der Waals surface area contributed by atoms with Crippen molar-refractivity contribution in [2.75, 3.05) is 5.32 Å². The Bertz CT molecular complexity index is 735. The molecule has 0 fully saturated rings. The van der Waals surface area contributed by atoms with Gasteiger partial charge in [0, 0.05) is 17.1 Å². The zero-order valence-corrected chi connectivity index (χ0v) is 11.3. The molecule has 0 aliphatic carbocycles. The van der Waals surface area contributed by atoms with Crippen LogP contribution in [0.1, 0.15) is 20.9 Å². The zero-order valence-electron chi connectivity index (χ0n) is 10.5. The molecule has 1 N–H and O–H groups in total. The van der Waals surface area contributed by atoms with E-state index in [4.69, 9.17) is 10.5 Å².